The highest BCUT2D eigenvalue weighted by Gasteiger charge is 2.27. The Balaban J connectivity index is 2.37. The van der Waals surface area contributed by atoms with E-state index in [1.807, 2.05) is 6.92 Å². The lowest BCUT2D eigenvalue weighted by atomic mass is 9.91. The van der Waals surface area contributed by atoms with E-state index in [1.54, 1.807) is 7.11 Å². The topological polar surface area (TPSA) is 50.4 Å². The molecule has 4 heteroatoms. The van der Waals surface area contributed by atoms with Crippen LogP contribution in [0.1, 0.15) is 26.7 Å². The summed E-state index contributed by atoms with van der Waals surface area (Å²) in [5.41, 5.74) is 0. The van der Waals surface area contributed by atoms with Gasteiger partial charge in [-0.2, -0.15) is 0 Å². The zero-order valence-corrected chi connectivity index (χ0v) is 9.88. The summed E-state index contributed by atoms with van der Waals surface area (Å²) < 4.78 is 4.99. The Labute approximate surface area is 91.8 Å². The van der Waals surface area contributed by atoms with E-state index in [0.29, 0.717) is 6.61 Å². The van der Waals surface area contributed by atoms with E-state index in [4.69, 9.17) is 4.74 Å². The van der Waals surface area contributed by atoms with Gasteiger partial charge in [-0.3, -0.25) is 4.79 Å². The second kappa shape index (κ2) is 6.08. The van der Waals surface area contributed by atoms with Crippen LogP contribution in [-0.4, -0.2) is 38.3 Å². The van der Waals surface area contributed by atoms with Crippen molar-refractivity contribution in [2.45, 2.75) is 38.8 Å². The Morgan fingerprint density at radius 3 is 3.00 bits per heavy atom. The summed E-state index contributed by atoms with van der Waals surface area (Å²) in [6.45, 7) is 5.63. The van der Waals surface area contributed by atoms with Crippen molar-refractivity contribution in [3.63, 3.8) is 0 Å². The molecule has 0 radical (unpaired) electrons. The van der Waals surface area contributed by atoms with Crippen molar-refractivity contribution >= 4 is 5.91 Å². The summed E-state index contributed by atoms with van der Waals surface area (Å²) in [6.07, 6.45) is 2.07. The van der Waals surface area contributed by atoms with Crippen molar-refractivity contribution < 1.29 is 9.53 Å². The molecular formula is C11H22N2O2. The lowest BCUT2D eigenvalue weighted by Gasteiger charge is -2.29. The minimum absolute atomic E-state index is 0.0941. The number of hydrogen-bond acceptors (Lipinski definition) is 3. The Bertz CT molecular complexity index is 209. The van der Waals surface area contributed by atoms with Gasteiger partial charge in [-0.05, 0) is 33.2 Å². The van der Waals surface area contributed by atoms with Crippen LogP contribution in [0.3, 0.4) is 0 Å². The van der Waals surface area contributed by atoms with Crippen LogP contribution in [0.2, 0.25) is 0 Å². The van der Waals surface area contributed by atoms with Crippen molar-refractivity contribution in [1.29, 1.82) is 0 Å². The molecule has 88 valence electrons. The molecule has 1 saturated heterocycles. The second-order valence-electron chi connectivity index (χ2n) is 4.36. The predicted molar refractivity (Wildman–Crippen MR) is 59.7 cm³/mol. The van der Waals surface area contributed by atoms with Gasteiger partial charge in [0.15, 0.2) is 0 Å². The molecular weight excluding hydrogens is 192 g/mol. The van der Waals surface area contributed by atoms with Crippen LogP contribution in [0.4, 0.5) is 0 Å². The van der Waals surface area contributed by atoms with Crippen molar-refractivity contribution in [1.82, 2.24) is 10.6 Å². The van der Waals surface area contributed by atoms with E-state index in [2.05, 4.69) is 17.6 Å². The van der Waals surface area contributed by atoms with Crippen molar-refractivity contribution in [3.05, 3.63) is 0 Å². The maximum absolute atomic E-state index is 11.9. The molecule has 15 heavy (non-hydrogen) atoms. The molecule has 1 aliphatic heterocycles. The molecule has 2 N–H and O–H groups in total. The number of methoxy groups -OCH3 is 1. The highest BCUT2D eigenvalue weighted by atomic mass is 16.5. The van der Waals surface area contributed by atoms with Gasteiger partial charge in [0, 0.05) is 19.2 Å². The van der Waals surface area contributed by atoms with Gasteiger partial charge in [0.25, 0.3) is 0 Å². The van der Waals surface area contributed by atoms with Crippen LogP contribution in [-0.2, 0) is 9.53 Å². The average Bonchev–Trinajstić information content (AvgIpc) is 2.18. The van der Waals surface area contributed by atoms with Gasteiger partial charge in [-0.1, -0.05) is 0 Å². The molecule has 0 aromatic heterocycles. The monoisotopic (exact) mass is 214 g/mol. The predicted octanol–water partition coefficient (Wildman–Crippen LogP) is 0.526. The Morgan fingerprint density at radius 1 is 1.67 bits per heavy atom. The summed E-state index contributed by atoms with van der Waals surface area (Å²) >= 11 is 0. The summed E-state index contributed by atoms with van der Waals surface area (Å²) in [5.74, 6) is 0.261. The second-order valence-corrected chi connectivity index (χ2v) is 4.36. The van der Waals surface area contributed by atoms with Crippen LogP contribution in [0.5, 0.6) is 0 Å². The maximum atomic E-state index is 11.9. The van der Waals surface area contributed by atoms with Crippen LogP contribution >= 0.6 is 0 Å². The Morgan fingerprint density at radius 2 is 2.40 bits per heavy atom. The number of rotatable bonds is 4. The SMILES string of the molecule is COCC(C)NC(=O)C1CCCNC1C. The Hall–Kier alpha value is -0.610. The van der Waals surface area contributed by atoms with Crippen LogP contribution in [0.25, 0.3) is 0 Å². The zero-order chi connectivity index (χ0) is 11.3. The van der Waals surface area contributed by atoms with Gasteiger partial charge in [-0.25, -0.2) is 0 Å². The molecule has 4 nitrogen and oxygen atoms in total. The van der Waals surface area contributed by atoms with Gasteiger partial charge in [0.2, 0.25) is 5.91 Å². The molecule has 3 unspecified atom stereocenters. The molecule has 1 fully saturated rings. The number of carbonyl (C=O) groups is 1. The lowest BCUT2D eigenvalue weighted by molar-refractivity contribution is -0.127. The largest absolute Gasteiger partial charge is 0.383 e. The molecule has 0 saturated carbocycles. The first-order valence-corrected chi connectivity index (χ1v) is 5.68. The van der Waals surface area contributed by atoms with Gasteiger partial charge < -0.3 is 15.4 Å². The molecule has 0 aromatic rings. The summed E-state index contributed by atoms with van der Waals surface area (Å²) in [7, 11) is 1.65. The quantitative estimate of drug-likeness (QED) is 0.717. The van der Waals surface area contributed by atoms with Crippen LogP contribution in [0, 0.1) is 5.92 Å². The third kappa shape index (κ3) is 3.80. The standard InChI is InChI=1S/C11H22N2O2/c1-8(7-15-3)13-11(14)10-5-4-6-12-9(10)2/h8-10,12H,4-7H2,1-3H3,(H,13,14). The first-order chi connectivity index (χ1) is 7.15. The number of amides is 1. The molecule has 3 atom stereocenters. The van der Waals surface area contributed by atoms with Gasteiger partial charge >= 0.3 is 0 Å². The first-order valence-electron chi connectivity index (χ1n) is 5.68. The third-order valence-electron chi connectivity index (χ3n) is 2.90. The molecule has 1 rings (SSSR count). The lowest BCUT2D eigenvalue weighted by Crippen LogP contribution is -2.49. The van der Waals surface area contributed by atoms with E-state index in [-0.39, 0.29) is 23.9 Å². The first kappa shape index (κ1) is 12.5. The molecule has 0 aliphatic carbocycles. The number of nitrogens with one attached hydrogen (secondary N) is 2. The van der Waals surface area contributed by atoms with E-state index in [1.165, 1.54) is 0 Å². The molecule has 1 aliphatic rings. The summed E-state index contributed by atoms with van der Waals surface area (Å²) in [6, 6.07) is 0.380. The molecule has 0 aromatic carbocycles. The highest BCUT2D eigenvalue weighted by Crippen LogP contribution is 2.16. The molecule has 0 bridgehead atoms. The molecule has 1 heterocycles. The van der Waals surface area contributed by atoms with E-state index in [0.717, 1.165) is 19.4 Å². The number of hydrogen-bond donors (Lipinski definition) is 2. The number of piperidine rings is 1. The van der Waals surface area contributed by atoms with E-state index >= 15 is 0 Å². The minimum atomic E-state index is 0.0941. The average molecular weight is 214 g/mol. The fourth-order valence-electron chi connectivity index (χ4n) is 2.04. The maximum Gasteiger partial charge on any atom is 0.224 e. The molecule has 0 spiro atoms. The van der Waals surface area contributed by atoms with Crippen molar-refractivity contribution in [2.24, 2.45) is 5.92 Å². The fourth-order valence-corrected chi connectivity index (χ4v) is 2.04. The fraction of sp³-hybridized carbons (Fsp3) is 0.909. The molecule has 1 amide bonds. The van der Waals surface area contributed by atoms with Crippen molar-refractivity contribution in [3.8, 4) is 0 Å². The summed E-state index contributed by atoms with van der Waals surface area (Å²) in [5, 5.41) is 6.30. The van der Waals surface area contributed by atoms with E-state index in [9.17, 15) is 4.79 Å². The van der Waals surface area contributed by atoms with Crippen LogP contribution in [0.15, 0.2) is 0 Å². The normalized spacial score (nSPS) is 28.5. The number of ether oxygens (including phenoxy) is 1. The number of carbonyl (C=O) groups excluding carboxylic acids is 1. The smallest absolute Gasteiger partial charge is 0.224 e. The van der Waals surface area contributed by atoms with Crippen LogP contribution < -0.4 is 10.6 Å². The van der Waals surface area contributed by atoms with Gasteiger partial charge in [0.1, 0.15) is 0 Å². The minimum Gasteiger partial charge on any atom is -0.383 e. The highest BCUT2D eigenvalue weighted by molar-refractivity contribution is 5.79. The van der Waals surface area contributed by atoms with Gasteiger partial charge in [0.05, 0.1) is 12.5 Å². The van der Waals surface area contributed by atoms with E-state index < -0.39 is 0 Å². The van der Waals surface area contributed by atoms with Gasteiger partial charge in [-0.15, -0.1) is 0 Å². The Kier molecular flexibility index (Phi) is 5.05. The van der Waals surface area contributed by atoms with Crippen molar-refractivity contribution in [2.75, 3.05) is 20.3 Å². The summed E-state index contributed by atoms with van der Waals surface area (Å²) in [4.78, 5) is 11.9. The zero-order valence-electron chi connectivity index (χ0n) is 9.88. The third-order valence-corrected chi connectivity index (χ3v) is 2.90.